The first kappa shape index (κ1) is 18.5. The van der Waals surface area contributed by atoms with Crippen molar-refractivity contribution in [2.75, 3.05) is 12.4 Å². The van der Waals surface area contributed by atoms with Gasteiger partial charge in [0.25, 0.3) is 5.91 Å². The van der Waals surface area contributed by atoms with E-state index in [2.05, 4.69) is 5.32 Å². The van der Waals surface area contributed by atoms with Crippen LogP contribution >= 0.6 is 11.8 Å². The van der Waals surface area contributed by atoms with Gasteiger partial charge in [-0.15, -0.1) is 0 Å². The first-order valence-electron chi connectivity index (χ1n) is 7.73. The largest absolute Gasteiger partial charge is 0.497 e. The van der Waals surface area contributed by atoms with Crippen LogP contribution < -0.4 is 14.8 Å². The van der Waals surface area contributed by atoms with Gasteiger partial charge in [0.15, 0.2) is 0 Å². The van der Waals surface area contributed by atoms with Gasteiger partial charge in [-0.25, -0.2) is 0 Å². The van der Waals surface area contributed by atoms with Crippen molar-refractivity contribution in [3.05, 3.63) is 57.0 Å². The smallest absolute Gasteiger partial charge is 0.312 e. The number of nitrogens with zero attached hydrogens (tertiary/aromatic N) is 1. The Morgan fingerprint density at radius 2 is 2.04 bits per heavy atom. The zero-order valence-electron chi connectivity index (χ0n) is 14.3. The van der Waals surface area contributed by atoms with Crippen LogP contribution in [0.5, 0.6) is 11.5 Å². The van der Waals surface area contributed by atoms with Gasteiger partial charge >= 0.3 is 11.7 Å². The maximum Gasteiger partial charge on any atom is 0.312 e. The number of hydrogen-bond donors (Lipinski definition) is 1. The molecule has 1 amide bonds. The molecule has 1 heterocycles. The number of fused-ring (bicyclic) bond motifs is 1. The van der Waals surface area contributed by atoms with Gasteiger partial charge in [0.1, 0.15) is 5.75 Å². The molecule has 0 radical (unpaired) electrons. The zero-order valence-corrected chi connectivity index (χ0v) is 15.2. The summed E-state index contributed by atoms with van der Waals surface area (Å²) in [5.41, 5.74) is 0.739. The van der Waals surface area contributed by atoms with Gasteiger partial charge in [0.05, 0.1) is 22.6 Å². The van der Waals surface area contributed by atoms with Gasteiger partial charge in [0.2, 0.25) is 5.75 Å². The molecular weight excluding hydrogens is 372 g/mol. The highest BCUT2D eigenvalue weighted by atomic mass is 32.2. The summed E-state index contributed by atoms with van der Waals surface area (Å²) in [7, 11) is 1.55. The maximum absolute atomic E-state index is 12.3. The molecule has 9 heteroatoms. The van der Waals surface area contributed by atoms with Gasteiger partial charge in [-0.05, 0) is 35.9 Å². The highest BCUT2D eigenvalue weighted by Crippen LogP contribution is 2.41. The van der Waals surface area contributed by atoms with Crippen LogP contribution in [0.2, 0.25) is 0 Å². The normalized spacial score (nSPS) is 14.3. The second kappa shape index (κ2) is 7.50. The number of anilines is 1. The van der Waals surface area contributed by atoms with Gasteiger partial charge in [-0.1, -0.05) is 17.8 Å². The Hall–Kier alpha value is -3.33. The molecule has 0 spiro atoms. The predicted molar refractivity (Wildman–Crippen MR) is 99.9 cm³/mol. The minimum atomic E-state index is -0.656. The fourth-order valence-electron chi connectivity index (χ4n) is 2.42. The molecule has 0 fully saturated rings. The van der Waals surface area contributed by atoms with Crippen molar-refractivity contribution in [3.63, 3.8) is 0 Å². The van der Waals surface area contributed by atoms with Crippen molar-refractivity contribution in [3.8, 4) is 11.5 Å². The van der Waals surface area contributed by atoms with Crippen molar-refractivity contribution in [2.45, 2.75) is 11.8 Å². The molecule has 0 aliphatic carbocycles. The van der Waals surface area contributed by atoms with Crippen LogP contribution in [0, 0.1) is 10.1 Å². The lowest BCUT2D eigenvalue weighted by Gasteiger charge is -2.19. The Morgan fingerprint density at radius 3 is 2.70 bits per heavy atom. The standard InChI is InChI=1S/C18H14N2O6S/c1-10(21)26-15-6-3-11(7-14(15)20(23)24)8-17-18(22)19-13-5-4-12(25-2)9-16(13)27-17/h3-9H,1-2H3,(H,19,22)/b17-8+. The lowest BCUT2D eigenvalue weighted by molar-refractivity contribution is -0.385. The van der Waals surface area contributed by atoms with E-state index in [1.807, 2.05) is 0 Å². The highest BCUT2D eigenvalue weighted by Gasteiger charge is 2.23. The molecule has 0 unspecified atom stereocenters. The summed E-state index contributed by atoms with van der Waals surface area (Å²) in [4.78, 5) is 35.2. The van der Waals surface area contributed by atoms with E-state index < -0.39 is 10.9 Å². The van der Waals surface area contributed by atoms with E-state index in [9.17, 15) is 19.7 Å². The molecule has 1 aliphatic heterocycles. The molecule has 3 rings (SSSR count). The van der Waals surface area contributed by atoms with E-state index >= 15 is 0 Å². The maximum atomic E-state index is 12.3. The van der Waals surface area contributed by atoms with E-state index in [1.54, 1.807) is 25.3 Å². The minimum absolute atomic E-state index is 0.148. The molecule has 2 aromatic rings. The van der Waals surface area contributed by atoms with E-state index in [4.69, 9.17) is 9.47 Å². The van der Waals surface area contributed by atoms with Crippen LogP contribution in [-0.2, 0) is 9.59 Å². The highest BCUT2D eigenvalue weighted by molar-refractivity contribution is 8.04. The van der Waals surface area contributed by atoms with Gasteiger partial charge in [-0.2, -0.15) is 0 Å². The van der Waals surface area contributed by atoms with Gasteiger partial charge < -0.3 is 14.8 Å². The summed E-state index contributed by atoms with van der Waals surface area (Å²) in [5.74, 6) is -0.468. The minimum Gasteiger partial charge on any atom is -0.497 e. The molecule has 0 saturated carbocycles. The van der Waals surface area contributed by atoms with E-state index in [-0.39, 0.29) is 17.3 Å². The number of ether oxygens (including phenoxy) is 2. The number of thioether (sulfide) groups is 1. The molecular formula is C18H14N2O6S. The molecule has 2 aromatic carbocycles. The molecule has 138 valence electrons. The fourth-order valence-corrected chi connectivity index (χ4v) is 3.40. The van der Waals surface area contributed by atoms with Crippen molar-refractivity contribution in [1.82, 2.24) is 0 Å². The number of amides is 1. The van der Waals surface area contributed by atoms with Crippen LogP contribution in [0.4, 0.5) is 11.4 Å². The molecule has 0 atom stereocenters. The number of esters is 1. The Kier molecular flexibility index (Phi) is 5.13. The van der Waals surface area contributed by atoms with E-state index in [0.29, 0.717) is 21.9 Å². The predicted octanol–water partition coefficient (Wildman–Crippen LogP) is 3.61. The number of nitro groups is 1. The number of nitro benzene ring substituents is 1. The van der Waals surface area contributed by atoms with Crippen LogP contribution in [0.25, 0.3) is 6.08 Å². The quantitative estimate of drug-likeness (QED) is 0.281. The van der Waals surface area contributed by atoms with Crippen LogP contribution in [0.15, 0.2) is 46.2 Å². The first-order valence-corrected chi connectivity index (χ1v) is 8.55. The summed E-state index contributed by atoms with van der Waals surface area (Å²) in [6, 6.07) is 9.39. The Balaban J connectivity index is 1.96. The van der Waals surface area contributed by atoms with Crippen LogP contribution in [-0.4, -0.2) is 23.9 Å². The number of carbonyl (C=O) groups is 2. The average molecular weight is 386 g/mol. The summed E-state index contributed by atoms with van der Waals surface area (Å²) >= 11 is 1.23. The monoisotopic (exact) mass is 386 g/mol. The Labute approximate surface area is 158 Å². The fraction of sp³-hybridized carbons (Fsp3) is 0.111. The Morgan fingerprint density at radius 1 is 1.26 bits per heavy atom. The zero-order chi connectivity index (χ0) is 19.6. The second-order valence-corrected chi connectivity index (χ2v) is 6.59. The SMILES string of the molecule is COc1ccc2c(c1)S/C(=C/c1ccc(OC(C)=O)c([N+](=O)[O-])c1)C(=O)N2. The lowest BCUT2D eigenvalue weighted by atomic mass is 10.1. The Bertz CT molecular complexity index is 986. The lowest BCUT2D eigenvalue weighted by Crippen LogP contribution is -2.17. The van der Waals surface area contributed by atoms with Gasteiger partial charge in [-0.3, -0.25) is 19.7 Å². The van der Waals surface area contributed by atoms with Gasteiger partial charge in [0, 0.05) is 17.9 Å². The number of benzene rings is 2. The van der Waals surface area contributed by atoms with Crippen molar-refractivity contribution in [2.24, 2.45) is 0 Å². The van der Waals surface area contributed by atoms with E-state index in [1.165, 1.54) is 36.0 Å². The third-order valence-electron chi connectivity index (χ3n) is 3.61. The number of rotatable bonds is 4. The number of nitrogens with one attached hydrogen (secondary N) is 1. The number of hydrogen-bond acceptors (Lipinski definition) is 7. The van der Waals surface area contributed by atoms with Crippen molar-refractivity contribution < 1.29 is 24.0 Å². The molecule has 0 aromatic heterocycles. The van der Waals surface area contributed by atoms with Crippen LogP contribution in [0.1, 0.15) is 12.5 Å². The van der Waals surface area contributed by atoms with Crippen molar-refractivity contribution >= 4 is 41.1 Å². The molecule has 0 saturated heterocycles. The van der Waals surface area contributed by atoms with Crippen molar-refractivity contribution in [1.29, 1.82) is 0 Å². The third kappa shape index (κ3) is 4.09. The summed E-state index contributed by atoms with van der Waals surface area (Å²) in [6.07, 6.45) is 1.53. The molecule has 0 bridgehead atoms. The summed E-state index contributed by atoms with van der Waals surface area (Å²) in [6.45, 7) is 1.16. The first-order chi connectivity index (χ1) is 12.9. The third-order valence-corrected chi connectivity index (χ3v) is 4.69. The summed E-state index contributed by atoms with van der Waals surface area (Å²) < 4.78 is 10.0. The molecule has 8 nitrogen and oxygen atoms in total. The summed E-state index contributed by atoms with van der Waals surface area (Å²) in [5, 5.41) is 14.0. The second-order valence-electron chi connectivity index (χ2n) is 5.50. The van der Waals surface area contributed by atoms with Crippen LogP contribution in [0.3, 0.4) is 0 Å². The molecule has 27 heavy (non-hydrogen) atoms. The molecule has 1 N–H and O–H groups in total. The number of methoxy groups -OCH3 is 1. The average Bonchev–Trinajstić information content (AvgIpc) is 2.62. The van der Waals surface area contributed by atoms with E-state index in [0.717, 1.165) is 11.8 Å². The topological polar surface area (TPSA) is 108 Å². The molecule has 1 aliphatic rings. The number of carbonyl (C=O) groups excluding carboxylic acids is 2.